The van der Waals surface area contributed by atoms with Crippen LogP contribution >= 0.6 is 0 Å². The van der Waals surface area contributed by atoms with Gasteiger partial charge < -0.3 is 10.5 Å². The van der Waals surface area contributed by atoms with Gasteiger partial charge in [0.2, 0.25) is 0 Å². The van der Waals surface area contributed by atoms with Crippen molar-refractivity contribution in [1.82, 2.24) is 9.97 Å². The van der Waals surface area contributed by atoms with Gasteiger partial charge in [-0.25, -0.2) is 9.97 Å². The van der Waals surface area contributed by atoms with E-state index in [-0.39, 0.29) is 0 Å². The summed E-state index contributed by atoms with van der Waals surface area (Å²) < 4.78 is 5.44. The Labute approximate surface area is 89.9 Å². The average molecular weight is 207 g/mol. The minimum absolute atomic E-state index is 0.477. The summed E-state index contributed by atoms with van der Waals surface area (Å²) in [7, 11) is 0. The molecule has 4 heteroatoms. The molecule has 15 heavy (non-hydrogen) atoms. The quantitative estimate of drug-likeness (QED) is 0.799. The fourth-order valence-electron chi connectivity index (χ4n) is 1.84. The minimum Gasteiger partial charge on any atom is -0.381 e. The molecule has 0 amide bonds. The van der Waals surface area contributed by atoms with Crippen molar-refractivity contribution in [2.75, 3.05) is 19.8 Å². The average Bonchev–Trinajstić information content (AvgIpc) is 2.32. The number of hydrogen-bond donors (Lipinski definition) is 1. The first-order chi connectivity index (χ1) is 7.40. The Morgan fingerprint density at radius 1 is 1.40 bits per heavy atom. The van der Waals surface area contributed by atoms with Crippen LogP contribution in [0.4, 0.5) is 0 Å². The fraction of sp³-hybridized carbons (Fsp3) is 0.636. The maximum Gasteiger partial charge on any atom is 0.129 e. The molecule has 1 aromatic rings. The highest BCUT2D eigenvalue weighted by molar-refractivity contribution is 5.12. The third-order valence-electron chi connectivity index (χ3n) is 2.72. The molecular formula is C11H17N3O. The van der Waals surface area contributed by atoms with E-state index in [1.807, 2.05) is 12.4 Å². The Kier molecular flexibility index (Phi) is 3.64. The Hall–Kier alpha value is -1.00. The zero-order valence-electron chi connectivity index (χ0n) is 8.85. The third-order valence-corrected chi connectivity index (χ3v) is 2.72. The Morgan fingerprint density at radius 2 is 2.20 bits per heavy atom. The monoisotopic (exact) mass is 207 g/mol. The molecule has 2 N–H and O–H groups in total. The van der Waals surface area contributed by atoms with Gasteiger partial charge in [0.25, 0.3) is 0 Å². The highest BCUT2D eigenvalue weighted by atomic mass is 16.5. The van der Waals surface area contributed by atoms with Crippen molar-refractivity contribution in [3.05, 3.63) is 23.8 Å². The molecule has 2 rings (SSSR count). The van der Waals surface area contributed by atoms with Crippen LogP contribution in [0.3, 0.4) is 0 Å². The highest BCUT2D eigenvalue weighted by Gasteiger charge is 2.16. The maximum atomic E-state index is 5.44. The number of aromatic nitrogens is 2. The van der Waals surface area contributed by atoms with E-state index in [9.17, 15) is 0 Å². The molecule has 1 fully saturated rings. The van der Waals surface area contributed by atoms with E-state index in [4.69, 9.17) is 10.5 Å². The van der Waals surface area contributed by atoms with E-state index in [1.165, 1.54) is 12.0 Å². The van der Waals surface area contributed by atoms with Crippen molar-refractivity contribution in [2.45, 2.75) is 25.2 Å². The zero-order chi connectivity index (χ0) is 10.5. The van der Waals surface area contributed by atoms with E-state index < -0.39 is 0 Å². The van der Waals surface area contributed by atoms with E-state index in [2.05, 4.69) is 9.97 Å². The second-order valence-corrected chi connectivity index (χ2v) is 3.89. The molecular weight excluding hydrogens is 190 g/mol. The van der Waals surface area contributed by atoms with Crippen LogP contribution < -0.4 is 5.73 Å². The summed E-state index contributed by atoms with van der Waals surface area (Å²) >= 11 is 0. The van der Waals surface area contributed by atoms with E-state index in [1.54, 1.807) is 0 Å². The number of hydrogen-bond acceptors (Lipinski definition) is 4. The van der Waals surface area contributed by atoms with Gasteiger partial charge >= 0.3 is 0 Å². The van der Waals surface area contributed by atoms with E-state index in [0.29, 0.717) is 12.5 Å². The molecule has 0 bridgehead atoms. The molecule has 82 valence electrons. The topological polar surface area (TPSA) is 61.0 Å². The van der Waals surface area contributed by atoms with Gasteiger partial charge in [-0.05, 0) is 24.9 Å². The van der Waals surface area contributed by atoms with Gasteiger partial charge in [-0.3, -0.25) is 0 Å². The van der Waals surface area contributed by atoms with Crippen molar-refractivity contribution >= 4 is 0 Å². The van der Waals surface area contributed by atoms with Crippen molar-refractivity contribution in [1.29, 1.82) is 0 Å². The summed E-state index contributed by atoms with van der Waals surface area (Å²) in [5.41, 5.74) is 6.63. The summed E-state index contributed by atoms with van der Waals surface area (Å²) in [5.74, 6) is 1.31. The summed E-state index contributed by atoms with van der Waals surface area (Å²) in [6.07, 6.45) is 6.89. The van der Waals surface area contributed by atoms with Gasteiger partial charge in [-0.1, -0.05) is 0 Å². The van der Waals surface area contributed by atoms with Gasteiger partial charge in [0.15, 0.2) is 0 Å². The predicted molar refractivity (Wildman–Crippen MR) is 57.6 cm³/mol. The number of ether oxygens (including phenoxy) is 1. The first-order valence-corrected chi connectivity index (χ1v) is 5.49. The van der Waals surface area contributed by atoms with Crippen LogP contribution in [0.5, 0.6) is 0 Å². The number of nitrogens with zero attached hydrogens (tertiary/aromatic N) is 2. The fourth-order valence-corrected chi connectivity index (χ4v) is 1.84. The molecule has 2 heterocycles. The largest absolute Gasteiger partial charge is 0.381 e. The van der Waals surface area contributed by atoms with Gasteiger partial charge in [-0.2, -0.15) is 0 Å². The molecule has 1 aromatic heterocycles. The lowest BCUT2D eigenvalue weighted by Crippen LogP contribution is -2.16. The van der Waals surface area contributed by atoms with Gasteiger partial charge in [0.05, 0.1) is 6.61 Å². The van der Waals surface area contributed by atoms with Crippen LogP contribution in [-0.4, -0.2) is 29.7 Å². The SMILES string of the molecule is NCCc1ncc(C2CCCOC2)cn1. The Balaban J connectivity index is 2.02. The molecule has 1 aliphatic heterocycles. The molecule has 1 saturated heterocycles. The van der Waals surface area contributed by atoms with Crippen molar-refractivity contribution in [2.24, 2.45) is 5.73 Å². The van der Waals surface area contributed by atoms with Crippen molar-refractivity contribution in [3.63, 3.8) is 0 Å². The summed E-state index contributed by atoms with van der Waals surface area (Å²) in [6, 6.07) is 0. The minimum atomic E-state index is 0.477. The van der Waals surface area contributed by atoms with Crippen LogP contribution in [0.15, 0.2) is 12.4 Å². The van der Waals surface area contributed by atoms with Crippen molar-refractivity contribution < 1.29 is 4.74 Å². The zero-order valence-corrected chi connectivity index (χ0v) is 8.85. The Bertz CT molecular complexity index is 293. The van der Waals surface area contributed by atoms with Gasteiger partial charge in [0, 0.05) is 31.3 Å². The second kappa shape index (κ2) is 5.19. The standard InChI is InChI=1S/C11H17N3O/c12-4-3-11-13-6-10(7-14-11)9-2-1-5-15-8-9/h6-7,9H,1-5,8,12H2. The predicted octanol–water partition coefficient (Wildman–Crippen LogP) is 0.872. The molecule has 0 saturated carbocycles. The smallest absolute Gasteiger partial charge is 0.129 e. The van der Waals surface area contributed by atoms with Gasteiger partial charge in [0.1, 0.15) is 5.82 Å². The molecule has 0 aliphatic carbocycles. The first-order valence-electron chi connectivity index (χ1n) is 5.49. The first kappa shape index (κ1) is 10.5. The summed E-state index contributed by atoms with van der Waals surface area (Å²) in [4.78, 5) is 8.59. The lowest BCUT2D eigenvalue weighted by molar-refractivity contribution is 0.0802. The summed E-state index contributed by atoms with van der Waals surface area (Å²) in [6.45, 7) is 2.30. The molecule has 0 spiro atoms. The van der Waals surface area contributed by atoms with Gasteiger partial charge in [-0.15, -0.1) is 0 Å². The normalized spacial score (nSPS) is 21.5. The van der Waals surface area contributed by atoms with E-state index >= 15 is 0 Å². The molecule has 0 radical (unpaired) electrons. The van der Waals surface area contributed by atoms with Crippen LogP contribution in [0.25, 0.3) is 0 Å². The number of rotatable bonds is 3. The third kappa shape index (κ3) is 2.73. The van der Waals surface area contributed by atoms with Crippen LogP contribution in [0, 0.1) is 0 Å². The molecule has 1 aliphatic rings. The van der Waals surface area contributed by atoms with Crippen molar-refractivity contribution in [3.8, 4) is 0 Å². The van der Waals surface area contributed by atoms with Crippen LogP contribution in [-0.2, 0) is 11.2 Å². The highest BCUT2D eigenvalue weighted by Crippen LogP contribution is 2.23. The molecule has 0 aromatic carbocycles. The summed E-state index contributed by atoms with van der Waals surface area (Å²) in [5, 5.41) is 0. The van der Waals surface area contributed by atoms with Crippen LogP contribution in [0.2, 0.25) is 0 Å². The van der Waals surface area contributed by atoms with Crippen LogP contribution in [0.1, 0.15) is 30.1 Å². The number of nitrogens with two attached hydrogens (primary N) is 1. The molecule has 1 unspecified atom stereocenters. The lowest BCUT2D eigenvalue weighted by atomic mass is 9.96. The van der Waals surface area contributed by atoms with E-state index in [0.717, 1.165) is 31.9 Å². The second-order valence-electron chi connectivity index (χ2n) is 3.89. The lowest BCUT2D eigenvalue weighted by Gasteiger charge is -2.21. The maximum absolute atomic E-state index is 5.44. The Morgan fingerprint density at radius 3 is 2.80 bits per heavy atom. The molecule has 4 nitrogen and oxygen atoms in total. The molecule has 1 atom stereocenters.